The quantitative estimate of drug-likeness (QED) is 0.341. The molecule has 3 rings (SSSR count). The number of aliphatic hydroxyl groups is 1. The number of nitrogens with one attached hydrogen (secondary N) is 2. The molecule has 0 aliphatic heterocycles. The fourth-order valence-electron chi connectivity index (χ4n) is 3.70. The summed E-state index contributed by atoms with van der Waals surface area (Å²) >= 11 is 1.84. The van der Waals surface area contributed by atoms with E-state index in [-0.39, 0.29) is 0 Å². The van der Waals surface area contributed by atoms with Gasteiger partial charge in [-0.15, -0.1) is 0 Å². The molecule has 1 saturated carbocycles. The van der Waals surface area contributed by atoms with Crippen molar-refractivity contribution in [2.45, 2.75) is 57.4 Å². The van der Waals surface area contributed by atoms with E-state index in [0.717, 1.165) is 62.0 Å². The monoisotopic (exact) mass is 403 g/mol. The number of para-hydroxylation sites is 2. The molecule has 0 saturated heterocycles. The third-order valence-electron chi connectivity index (χ3n) is 5.36. The van der Waals surface area contributed by atoms with Crippen molar-refractivity contribution >= 4 is 28.8 Å². The van der Waals surface area contributed by atoms with Crippen LogP contribution in [0.15, 0.2) is 29.3 Å². The molecule has 154 valence electrons. The third-order valence-corrected chi connectivity index (χ3v) is 6.77. The van der Waals surface area contributed by atoms with Crippen molar-refractivity contribution in [3.8, 4) is 0 Å². The molecule has 2 atom stereocenters. The molecule has 1 heterocycles. The molecule has 1 aromatic carbocycles. The summed E-state index contributed by atoms with van der Waals surface area (Å²) in [5, 5.41) is 17.8. The lowest BCUT2D eigenvalue weighted by atomic mass is 9.79. The Morgan fingerprint density at radius 3 is 2.89 bits per heavy atom. The molecular formula is C21H33N5OS. The van der Waals surface area contributed by atoms with Crippen molar-refractivity contribution in [2.75, 3.05) is 25.4 Å². The number of aryl methyl sites for hydroxylation is 2. The van der Waals surface area contributed by atoms with Crippen LogP contribution in [-0.2, 0) is 6.54 Å². The smallest absolute Gasteiger partial charge is 0.191 e. The van der Waals surface area contributed by atoms with Crippen LogP contribution in [0.3, 0.4) is 0 Å². The molecule has 0 bridgehead atoms. The number of hydrogen-bond acceptors (Lipinski definition) is 4. The maximum atomic E-state index is 10.8. The van der Waals surface area contributed by atoms with Crippen molar-refractivity contribution in [1.29, 1.82) is 0 Å². The van der Waals surface area contributed by atoms with Gasteiger partial charge in [0.05, 0.1) is 23.2 Å². The topological polar surface area (TPSA) is 74.5 Å². The van der Waals surface area contributed by atoms with Gasteiger partial charge in [-0.1, -0.05) is 19.1 Å². The van der Waals surface area contributed by atoms with Gasteiger partial charge in [0.15, 0.2) is 5.96 Å². The summed E-state index contributed by atoms with van der Waals surface area (Å²) in [6, 6.07) is 8.27. The second-order valence-electron chi connectivity index (χ2n) is 7.36. The van der Waals surface area contributed by atoms with E-state index in [9.17, 15) is 5.11 Å². The van der Waals surface area contributed by atoms with Crippen LogP contribution in [0, 0.1) is 6.92 Å². The molecule has 1 aromatic heterocycles. The Hall–Kier alpha value is -1.73. The largest absolute Gasteiger partial charge is 0.387 e. The molecule has 1 fully saturated rings. The Kier molecular flexibility index (Phi) is 7.24. The highest BCUT2D eigenvalue weighted by atomic mass is 32.2. The summed E-state index contributed by atoms with van der Waals surface area (Å²) in [5.74, 6) is 2.88. The molecular weight excluding hydrogens is 370 g/mol. The van der Waals surface area contributed by atoms with Crippen molar-refractivity contribution in [3.63, 3.8) is 0 Å². The Bertz CT molecular complexity index is 805. The Morgan fingerprint density at radius 1 is 1.36 bits per heavy atom. The molecule has 2 unspecified atom stereocenters. The minimum Gasteiger partial charge on any atom is -0.387 e. The van der Waals surface area contributed by atoms with Crippen LogP contribution in [0.4, 0.5) is 0 Å². The van der Waals surface area contributed by atoms with Gasteiger partial charge in [0.2, 0.25) is 0 Å². The van der Waals surface area contributed by atoms with Crippen LogP contribution in [0.5, 0.6) is 0 Å². The average molecular weight is 404 g/mol. The first-order valence-electron chi connectivity index (χ1n) is 10.4. The first kappa shape index (κ1) is 21.0. The van der Waals surface area contributed by atoms with Gasteiger partial charge in [0.25, 0.3) is 0 Å². The van der Waals surface area contributed by atoms with Gasteiger partial charge < -0.3 is 20.3 Å². The molecule has 7 heteroatoms. The zero-order valence-electron chi connectivity index (χ0n) is 17.2. The standard InChI is InChI=1S/C21H33N5OS/c1-4-22-20(24-15-21(27)12-11-19(21)28-5-2)23-13-8-14-26-16(3)25-17-9-6-7-10-18(17)26/h6-7,9-10,19,27H,4-5,8,11-15H2,1-3H3,(H2,22,23,24). The highest BCUT2D eigenvalue weighted by molar-refractivity contribution is 8.00. The minimum atomic E-state index is -0.643. The number of guanidine groups is 1. The van der Waals surface area contributed by atoms with Gasteiger partial charge in [0.1, 0.15) is 5.82 Å². The number of aromatic nitrogens is 2. The van der Waals surface area contributed by atoms with Crippen molar-refractivity contribution < 1.29 is 5.11 Å². The molecule has 28 heavy (non-hydrogen) atoms. The van der Waals surface area contributed by atoms with E-state index in [1.807, 2.05) is 17.8 Å². The van der Waals surface area contributed by atoms with Gasteiger partial charge in [-0.3, -0.25) is 4.99 Å². The van der Waals surface area contributed by atoms with E-state index < -0.39 is 5.60 Å². The lowest BCUT2D eigenvalue weighted by Gasteiger charge is -2.44. The summed E-state index contributed by atoms with van der Waals surface area (Å²) in [7, 11) is 0. The normalized spacial score (nSPS) is 22.3. The zero-order chi connectivity index (χ0) is 20.0. The Labute approximate surface area is 172 Å². The number of thioether (sulfide) groups is 1. The van der Waals surface area contributed by atoms with Crippen LogP contribution >= 0.6 is 11.8 Å². The summed E-state index contributed by atoms with van der Waals surface area (Å²) in [5.41, 5.74) is 1.60. The summed E-state index contributed by atoms with van der Waals surface area (Å²) in [6.07, 6.45) is 2.91. The van der Waals surface area contributed by atoms with E-state index in [2.05, 4.69) is 64.1 Å². The summed E-state index contributed by atoms with van der Waals surface area (Å²) < 4.78 is 2.27. The predicted octanol–water partition coefficient (Wildman–Crippen LogP) is 2.94. The fourth-order valence-corrected chi connectivity index (χ4v) is 4.89. The lowest BCUT2D eigenvalue weighted by Crippen LogP contribution is -2.53. The Morgan fingerprint density at radius 2 is 2.18 bits per heavy atom. The van der Waals surface area contributed by atoms with Crippen LogP contribution in [-0.4, -0.2) is 56.9 Å². The van der Waals surface area contributed by atoms with Gasteiger partial charge in [-0.05, 0) is 51.0 Å². The number of nitrogens with zero attached hydrogens (tertiary/aromatic N) is 3. The molecule has 0 amide bonds. The number of rotatable bonds is 9. The number of benzene rings is 1. The molecule has 1 aliphatic carbocycles. The Balaban J connectivity index is 1.51. The van der Waals surface area contributed by atoms with Crippen LogP contribution in [0.2, 0.25) is 0 Å². The van der Waals surface area contributed by atoms with Crippen LogP contribution < -0.4 is 10.6 Å². The van der Waals surface area contributed by atoms with E-state index in [0.29, 0.717) is 11.8 Å². The van der Waals surface area contributed by atoms with E-state index in [1.54, 1.807) is 0 Å². The zero-order valence-corrected chi connectivity index (χ0v) is 18.1. The average Bonchev–Trinajstić information content (AvgIpc) is 3.01. The first-order chi connectivity index (χ1) is 13.6. The predicted molar refractivity (Wildman–Crippen MR) is 119 cm³/mol. The van der Waals surface area contributed by atoms with Gasteiger partial charge >= 0.3 is 0 Å². The molecule has 3 N–H and O–H groups in total. The van der Waals surface area contributed by atoms with Gasteiger partial charge in [-0.2, -0.15) is 11.8 Å². The molecule has 2 aromatic rings. The van der Waals surface area contributed by atoms with Crippen molar-refractivity contribution in [3.05, 3.63) is 30.1 Å². The highest BCUT2D eigenvalue weighted by Crippen LogP contribution is 2.41. The fraction of sp³-hybridized carbons (Fsp3) is 0.619. The molecule has 0 radical (unpaired) electrons. The third kappa shape index (κ3) is 4.81. The molecule has 0 spiro atoms. The maximum Gasteiger partial charge on any atom is 0.191 e. The highest BCUT2D eigenvalue weighted by Gasteiger charge is 2.45. The maximum absolute atomic E-state index is 10.8. The van der Waals surface area contributed by atoms with Gasteiger partial charge in [0, 0.05) is 24.9 Å². The number of imidazole rings is 1. The van der Waals surface area contributed by atoms with E-state index in [4.69, 9.17) is 0 Å². The van der Waals surface area contributed by atoms with Crippen LogP contribution in [0.25, 0.3) is 11.0 Å². The van der Waals surface area contributed by atoms with Crippen LogP contribution in [0.1, 0.15) is 38.9 Å². The SMILES string of the molecule is CCNC(=NCC1(O)CCC1SCC)NCCCn1c(C)nc2ccccc21. The van der Waals surface area contributed by atoms with E-state index in [1.165, 1.54) is 5.52 Å². The van der Waals surface area contributed by atoms with Gasteiger partial charge in [-0.25, -0.2) is 4.98 Å². The molecule has 6 nitrogen and oxygen atoms in total. The summed E-state index contributed by atoms with van der Waals surface area (Å²) in [4.78, 5) is 9.28. The van der Waals surface area contributed by atoms with Crippen molar-refractivity contribution in [2.24, 2.45) is 4.99 Å². The first-order valence-corrected chi connectivity index (χ1v) is 11.4. The van der Waals surface area contributed by atoms with Crippen molar-refractivity contribution in [1.82, 2.24) is 20.2 Å². The number of fused-ring (bicyclic) bond motifs is 1. The number of hydrogen-bond donors (Lipinski definition) is 3. The summed E-state index contributed by atoms with van der Waals surface area (Å²) in [6.45, 7) is 9.27. The second kappa shape index (κ2) is 9.65. The number of aliphatic imine (C=N–C) groups is 1. The lowest BCUT2D eigenvalue weighted by molar-refractivity contribution is -0.0154. The molecule has 1 aliphatic rings. The van der Waals surface area contributed by atoms with E-state index >= 15 is 0 Å². The second-order valence-corrected chi connectivity index (χ2v) is 8.84. The minimum absolute atomic E-state index is 0.321.